The predicted octanol–water partition coefficient (Wildman–Crippen LogP) is 5.56. The Labute approximate surface area is 357 Å². The maximum atomic E-state index is 14.9. The molecule has 3 aliphatic carbocycles. The van der Waals surface area contributed by atoms with E-state index in [1.807, 2.05) is 72.8 Å². The lowest BCUT2D eigenvalue weighted by Gasteiger charge is -2.53. The van der Waals surface area contributed by atoms with E-state index < -0.39 is 53.5 Å². The number of nitrogens with one attached hydrogen (secondary N) is 2. The van der Waals surface area contributed by atoms with Crippen LogP contribution in [-0.4, -0.2) is 89.8 Å². The lowest BCUT2D eigenvalue weighted by Crippen LogP contribution is -2.69. The number of aliphatic hydroxyl groups is 1. The topological polar surface area (TPSA) is 148 Å². The monoisotopic (exact) mass is 831 g/mol. The van der Waals surface area contributed by atoms with E-state index in [4.69, 9.17) is 23.8 Å². The second-order valence-corrected chi connectivity index (χ2v) is 19.1. The summed E-state index contributed by atoms with van der Waals surface area (Å²) >= 11 is 0. The summed E-state index contributed by atoms with van der Waals surface area (Å²) in [5.74, 6) is -1.56. The van der Waals surface area contributed by atoms with Crippen molar-refractivity contribution in [2.24, 2.45) is 22.7 Å². The van der Waals surface area contributed by atoms with E-state index in [0.717, 1.165) is 54.4 Å². The first kappa shape index (κ1) is 40.6. The molecule has 0 aromatic heterocycles. The van der Waals surface area contributed by atoms with Crippen molar-refractivity contribution in [2.75, 3.05) is 19.7 Å². The number of allylic oxidation sites excluding steroid dienone is 1. The summed E-state index contributed by atoms with van der Waals surface area (Å²) < 4.78 is 26.7. The normalized spacial score (nSPS) is 35.9. The minimum Gasteiger partial charge on any atom is -0.458 e. The average Bonchev–Trinajstić information content (AvgIpc) is 3.54. The van der Waals surface area contributed by atoms with Crippen molar-refractivity contribution in [2.45, 2.75) is 120 Å². The fraction of sp³-hybridized carbons (Fsp3) is 0.531. The van der Waals surface area contributed by atoms with Crippen LogP contribution in [0.1, 0.15) is 88.0 Å². The first-order valence-electron chi connectivity index (χ1n) is 22.2. The molecule has 0 spiro atoms. The highest BCUT2D eigenvalue weighted by molar-refractivity contribution is 5.94. The van der Waals surface area contributed by atoms with Gasteiger partial charge in [0.05, 0.1) is 24.9 Å². The third kappa shape index (κ3) is 6.85. The van der Waals surface area contributed by atoms with Crippen LogP contribution in [0.5, 0.6) is 0 Å². The van der Waals surface area contributed by atoms with E-state index >= 15 is 0 Å². The van der Waals surface area contributed by atoms with E-state index in [1.54, 1.807) is 5.06 Å². The van der Waals surface area contributed by atoms with Crippen LogP contribution in [0.25, 0.3) is 6.08 Å². The number of ether oxygens (including phenoxy) is 4. The highest BCUT2D eigenvalue weighted by Gasteiger charge is 2.76. The molecule has 4 saturated heterocycles. The molecule has 3 aromatic carbocycles. The van der Waals surface area contributed by atoms with Crippen molar-refractivity contribution in [1.82, 2.24) is 15.7 Å². The van der Waals surface area contributed by atoms with Gasteiger partial charge in [-0.05, 0) is 67.4 Å². The number of aliphatic hydroxyl groups excluding tert-OH is 1. The third-order valence-electron chi connectivity index (χ3n) is 15.1. The number of amides is 2. The molecule has 3 saturated carbocycles. The first-order chi connectivity index (χ1) is 29.5. The lowest BCUT2D eigenvalue weighted by molar-refractivity contribution is -0.213. The summed E-state index contributed by atoms with van der Waals surface area (Å²) in [5, 5.41) is 16.5. The molecule has 2 amide bonds. The molecule has 322 valence electrons. The SMILES string of the molecule is CC1(C)C[C@@H]2C(=Cc3ccccc3CN3O[C@@H]4[C@H]5OC(c6ccccc6)(c6ccccc6)O[C@H]5[C@H]5C[C@]4(C(=O)NCCC(=O)NCCO)[C@@H]3C(=O)O5)CCC3O[C@]3(C)CC[C@H]21. The highest BCUT2D eigenvalue weighted by atomic mass is 16.8. The Kier molecular flexibility index (Phi) is 10.3. The molecule has 12 heteroatoms. The number of esters is 1. The third-order valence-corrected chi connectivity index (χ3v) is 15.1. The van der Waals surface area contributed by atoms with E-state index in [9.17, 15) is 19.5 Å². The molecule has 7 aliphatic rings. The summed E-state index contributed by atoms with van der Waals surface area (Å²) in [6.07, 6.45) is 4.86. The van der Waals surface area contributed by atoms with Crippen molar-refractivity contribution >= 4 is 23.9 Å². The number of hydroxylamine groups is 2. The van der Waals surface area contributed by atoms with Crippen LogP contribution in [0.4, 0.5) is 0 Å². The molecule has 4 heterocycles. The molecule has 61 heavy (non-hydrogen) atoms. The van der Waals surface area contributed by atoms with Crippen molar-refractivity contribution in [3.63, 3.8) is 0 Å². The Bertz CT molecular complexity index is 2160. The molecule has 10 atom stereocenters. The zero-order chi connectivity index (χ0) is 42.1. The molecule has 10 rings (SSSR count). The predicted molar refractivity (Wildman–Crippen MR) is 224 cm³/mol. The van der Waals surface area contributed by atoms with Crippen LogP contribution >= 0.6 is 0 Å². The summed E-state index contributed by atoms with van der Waals surface area (Å²) in [4.78, 5) is 48.9. The van der Waals surface area contributed by atoms with E-state index in [1.165, 1.54) is 5.57 Å². The van der Waals surface area contributed by atoms with Crippen LogP contribution in [-0.2, 0) is 50.5 Å². The van der Waals surface area contributed by atoms with Crippen LogP contribution in [0.15, 0.2) is 90.5 Å². The van der Waals surface area contributed by atoms with Crippen LogP contribution in [0.2, 0.25) is 0 Å². The number of benzene rings is 3. The second kappa shape index (κ2) is 15.4. The van der Waals surface area contributed by atoms with Crippen molar-refractivity contribution < 1.29 is 43.3 Å². The largest absolute Gasteiger partial charge is 0.458 e. The van der Waals surface area contributed by atoms with Crippen molar-refractivity contribution in [1.29, 1.82) is 0 Å². The van der Waals surface area contributed by atoms with Gasteiger partial charge in [-0.25, -0.2) is 0 Å². The number of fused-ring (bicyclic) bond motifs is 6. The maximum Gasteiger partial charge on any atom is 0.327 e. The van der Waals surface area contributed by atoms with E-state index in [0.29, 0.717) is 17.9 Å². The molecular weight excluding hydrogens is 775 g/mol. The molecule has 0 radical (unpaired) electrons. The number of nitrogens with zero attached hydrogens (tertiary/aromatic N) is 1. The number of epoxide rings is 1. The van der Waals surface area contributed by atoms with Gasteiger partial charge in [-0.2, -0.15) is 5.06 Å². The Hall–Kier alpha value is -4.43. The van der Waals surface area contributed by atoms with Gasteiger partial charge < -0.3 is 34.7 Å². The van der Waals surface area contributed by atoms with Crippen LogP contribution < -0.4 is 10.6 Å². The molecule has 3 N–H and O–H groups in total. The van der Waals surface area contributed by atoms with Gasteiger partial charge in [0.2, 0.25) is 17.6 Å². The summed E-state index contributed by atoms with van der Waals surface area (Å²) in [7, 11) is 0. The number of hydrogen-bond acceptors (Lipinski definition) is 10. The standard InChI is InChI=1S/C49H57N3O9/c1-46(2)27-35-31(18-19-38-47(3,58-38)22-20-36(35)46)26-30-12-10-11-13-32(30)29-52-42-44(55)57-37-28-48(42,45(56)51-23-21-39(54)50-24-25-53)43(61-52)41-40(37)59-49(60-41,33-14-6-4-7-15-33)34-16-8-5-9-17-34/h4-17,26,35-38,40-43,53H,18-25,27-29H2,1-3H3,(H,50,54)(H,51,56)/t35-,36-,37-,38?,40+,41+,42+,43-,47-,48+/m1/s1. The van der Waals surface area contributed by atoms with Gasteiger partial charge in [0.1, 0.15) is 29.8 Å². The molecular formula is C49H57N3O9. The van der Waals surface area contributed by atoms with Gasteiger partial charge in [0.15, 0.2) is 6.04 Å². The van der Waals surface area contributed by atoms with Gasteiger partial charge in [-0.3, -0.25) is 19.2 Å². The van der Waals surface area contributed by atoms with Crippen LogP contribution in [0.3, 0.4) is 0 Å². The van der Waals surface area contributed by atoms with Gasteiger partial charge in [0.25, 0.3) is 0 Å². The van der Waals surface area contributed by atoms with Crippen molar-refractivity contribution in [3.8, 4) is 0 Å². The number of carbonyl (C=O) groups excluding carboxylic acids is 3. The molecule has 2 bridgehead atoms. The van der Waals surface area contributed by atoms with Gasteiger partial charge >= 0.3 is 5.97 Å². The van der Waals surface area contributed by atoms with Gasteiger partial charge in [-0.1, -0.05) is 110 Å². The summed E-state index contributed by atoms with van der Waals surface area (Å²) in [6.45, 7) is 7.24. The first-order valence-corrected chi connectivity index (χ1v) is 22.2. The minimum atomic E-state index is -1.43. The highest BCUT2D eigenvalue weighted by Crippen LogP contribution is 2.61. The smallest absolute Gasteiger partial charge is 0.327 e. The Balaban J connectivity index is 1.00. The zero-order valence-corrected chi connectivity index (χ0v) is 35.2. The lowest BCUT2D eigenvalue weighted by atomic mass is 9.52. The quantitative estimate of drug-likeness (QED) is 0.166. The Morgan fingerprint density at radius 2 is 1.56 bits per heavy atom. The van der Waals surface area contributed by atoms with Crippen LogP contribution in [0, 0.1) is 22.7 Å². The van der Waals surface area contributed by atoms with E-state index in [2.05, 4.69) is 49.6 Å². The minimum absolute atomic E-state index is 0.000418. The number of hydrogen-bond donors (Lipinski definition) is 3. The van der Waals surface area contributed by atoms with Gasteiger partial charge in [-0.15, -0.1) is 0 Å². The maximum absolute atomic E-state index is 14.9. The zero-order valence-electron chi connectivity index (χ0n) is 35.2. The number of carbonyl (C=O) groups is 3. The van der Waals surface area contributed by atoms with Crippen molar-refractivity contribution in [3.05, 3.63) is 113 Å². The second-order valence-electron chi connectivity index (χ2n) is 19.1. The number of rotatable bonds is 11. The molecule has 7 fully saturated rings. The van der Waals surface area contributed by atoms with Gasteiger partial charge in [0, 0.05) is 37.1 Å². The fourth-order valence-electron chi connectivity index (χ4n) is 11.8. The Morgan fingerprint density at radius 3 is 2.28 bits per heavy atom. The molecule has 1 unspecified atom stereocenters. The fourth-order valence-corrected chi connectivity index (χ4v) is 11.8. The molecule has 4 aliphatic heterocycles. The summed E-state index contributed by atoms with van der Waals surface area (Å²) in [6, 6.07) is 26.5. The Morgan fingerprint density at radius 1 is 0.852 bits per heavy atom. The summed E-state index contributed by atoms with van der Waals surface area (Å²) in [5.41, 5.74) is 3.82. The molecule has 3 aromatic rings. The molecule has 12 nitrogen and oxygen atoms in total. The average molecular weight is 832 g/mol. The van der Waals surface area contributed by atoms with E-state index in [-0.39, 0.29) is 56.0 Å².